The van der Waals surface area contributed by atoms with Gasteiger partial charge in [-0.2, -0.15) is 0 Å². The lowest BCUT2D eigenvalue weighted by molar-refractivity contribution is 0.0956. The molecular weight excluding hydrogens is 158 g/mol. The first-order valence-electron chi connectivity index (χ1n) is 3.65. The van der Waals surface area contributed by atoms with Crippen LogP contribution in [0.4, 0.5) is 0 Å². The summed E-state index contributed by atoms with van der Waals surface area (Å²) < 4.78 is 0. The van der Waals surface area contributed by atoms with Crippen LogP contribution in [0.5, 0.6) is 0 Å². The van der Waals surface area contributed by atoms with E-state index in [1.54, 1.807) is 17.4 Å². The quantitative estimate of drug-likeness (QED) is 0.617. The fourth-order valence-electron chi connectivity index (χ4n) is 1.22. The van der Waals surface area contributed by atoms with Gasteiger partial charge in [0, 0.05) is 16.8 Å². The third kappa shape index (κ3) is 1.16. The first-order chi connectivity index (χ1) is 5.38. The van der Waals surface area contributed by atoms with Gasteiger partial charge in [-0.25, -0.2) is 0 Å². The zero-order valence-corrected chi connectivity index (χ0v) is 6.83. The zero-order chi connectivity index (χ0) is 7.68. The van der Waals surface area contributed by atoms with E-state index in [1.807, 2.05) is 0 Å². The van der Waals surface area contributed by atoms with Crippen LogP contribution < -0.4 is 5.32 Å². The van der Waals surface area contributed by atoms with Crippen molar-refractivity contribution in [3.63, 3.8) is 0 Å². The van der Waals surface area contributed by atoms with Crippen LogP contribution in [0.3, 0.4) is 0 Å². The van der Waals surface area contributed by atoms with Crippen molar-refractivity contribution in [2.75, 3.05) is 6.54 Å². The first-order valence-corrected chi connectivity index (χ1v) is 4.46. The zero-order valence-electron chi connectivity index (χ0n) is 6.02. The van der Waals surface area contributed by atoms with Gasteiger partial charge in [-0.1, -0.05) is 0 Å². The van der Waals surface area contributed by atoms with Gasteiger partial charge >= 0.3 is 0 Å². The van der Waals surface area contributed by atoms with Crippen LogP contribution in [0.15, 0.2) is 6.07 Å². The topological polar surface area (TPSA) is 29.1 Å². The van der Waals surface area contributed by atoms with E-state index in [0.29, 0.717) is 0 Å². The molecule has 1 N–H and O–H groups in total. The number of nitrogens with one attached hydrogen (secondary N) is 1. The van der Waals surface area contributed by atoms with Gasteiger partial charge < -0.3 is 5.32 Å². The molecule has 2 nitrogen and oxygen atoms in total. The molecule has 0 aliphatic carbocycles. The van der Waals surface area contributed by atoms with E-state index < -0.39 is 0 Å². The smallest absolute Gasteiger partial charge is 0.252 e. The number of fused-ring (bicyclic) bond motifs is 1. The number of aryl methyl sites for hydroxylation is 1. The average Bonchev–Trinajstić information content (AvgIpc) is 2.40. The molecule has 1 aromatic rings. The van der Waals surface area contributed by atoms with Crippen molar-refractivity contribution in [2.45, 2.75) is 12.8 Å². The fourth-order valence-corrected chi connectivity index (χ4v) is 2.05. The van der Waals surface area contributed by atoms with Gasteiger partial charge in [-0.15, -0.1) is 11.3 Å². The second kappa shape index (κ2) is 2.66. The minimum Gasteiger partial charge on any atom is -0.352 e. The van der Waals surface area contributed by atoms with Crippen LogP contribution in [0.25, 0.3) is 0 Å². The highest BCUT2D eigenvalue weighted by molar-refractivity contribution is 7.09. The summed E-state index contributed by atoms with van der Waals surface area (Å²) in [5.41, 5.74) is 0.826. The van der Waals surface area contributed by atoms with Crippen molar-refractivity contribution < 1.29 is 4.79 Å². The fraction of sp³-hybridized carbons (Fsp3) is 0.375. The van der Waals surface area contributed by atoms with Crippen molar-refractivity contribution in [3.8, 4) is 0 Å². The lowest BCUT2D eigenvalue weighted by Crippen LogP contribution is -2.22. The number of hydrogen-bond acceptors (Lipinski definition) is 2. The third-order valence-electron chi connectivity index (χ3n) is 1.80. The molecule has 1 aromatic heterocycles. The predicted octanol–water partition coefficient (Wildman–Crippen LogP) is 1.22. The van der Waals surface area contributed by atoms with Gasteiger partial charge in [0.2, 0.25) is 0 Å². The molecule has 0 atom stereocenters. The molecule has 1 amide bonds. The molecule has 0 unspecified atom stereocenters. The standard InChI is InChI=1S/C8H8NOS/c10-8-6-3-5-11-7(6)2-1-4-9-8/h3H,1-2,4H2,(H,9,10). The van der Waals surface area contributed by atoms with Crippen LogP contribution in [0, 0.1) is 5.38 Å². The SMILES string of the molecule is O=C1NCCCc2s[c]cc21. The molecule has 1 aliphatic heterocycles. The number of carbonyl (C=O) groups excluding carboxylic acids is 1. The van der Waals surface area contributed by atoms with Gasteiger partial charge in [0.15, 0.2) is 0 Å². The van der Waals surface area contributed by atoms with Crippen LogP contribution in [0.1, 0.15) is 21.7 Å². The maximum absolute atomic E-state index is 11.2. The van der Waals surface area contributed by atoms with Gasteiger partial charge in [0.05, 0.1) is 5.56 Å². The van der Waals surface area contributed by atoms with Gasteiger partial charge in [0.1, 0.15) is 0 Å². The molecule has 1 radical (unpaired) electrons. The van der Waals surface area contributed by atoms with Crippen LogP contribution in [-0.4, -0.2) is 12.5 Å². The summed E-state index contributed by atoms with van der Waals surface area (Å²) in [4.78, 5) is 12.4. The van der Waals surface area contributed by atoms with E-state index >= 15 is 0 Å². The molecule has 0 saturated heterocycles. The second-order valence-corrected chi connectivity index (χ2v) is 3.49. The number of thiophene rings is 1. The molecule has 2 heterocycles. The van der Waals surface area contributed by atoms with E-state index in [2.05, 4.69) is 10.7 Å². The molecule has 11 heavy (non-hydrogen) atoms. The molecule has 3 heteroatoms. The average molecular weight is 166 g/mol. The molecular formula is C8H8NOS. The minimum atomic E-state index is 0.0648. The summed E-state index contributed by atoms with van der Waals surface area (Å²) in [6.07, 6.45) is 2.06. The predicted molar refractivity (Wildman–Crippen MR) is 43.8 cm³/mol. The molecule has 57 valence electrons. The maximum atomic E-state index is 11.2. The Morgan fingerprint density at radius 3 is 3.45 bits per heavy atom. The molecule has 0 saturated carbocycles. The number of amides is 1. The van der Waals surface area contributed by atoms with Gasteiger partial charge in [-0.3, -0.25) is 4.79 Å². The van der Waals surface area contributed by atoms with Crippen molar-refractivity contribution in [2.24, 2.45) is 0 Å². The second-order valence-electron chi connectivity index (χ2n) is 2.56. The van der Waals surface area contributed by atoms with E-state index in [-0.39, 0.29) is 5.91 Å². The number of rotatable bonds is 0. The highest BCUT2D eigenvalue weighted by Crippen LogP contribution is 2.19. The Morgan fingerprint density at radius 2 is 2.55 bits per heavy atom. The Balaban J connectivity index is 2.41. The largest absolute Gasteiger partial charge is 0.352 e. The monoisotopic (exact) mass is 166 g/mol. The summed E-state index contributed by atoms with van der Waals surface area (Å²) >= 11 is 1.56. The number of hydrogen-bond donors (Lipinski definition) is 1. The molecule has 0 aromatic carbocycles. The van der Waals surface area contributed by atoms with E-state index in [4.69, 9.17) is 0 Å². The summed E-state index contributed by atoms with van der Waals surface area (Å²) in [6, 6.07) is 1.78. The van der Waals surface area contributed by atoms with Crippen molar-refractivity contribution in [3.05, 3.63) is 21.9 Å². The van der Waals surface area contributed by atoms with Crippen LogP contribution in [-0.2, 0) is 6.42 Å². The molecule has 2 rings (SSSR count). The van der Waals surface area contributed by atoms with Crippen molar-refractivity contribution in [1.82, 2.24) is 5.32 Å². The maximum Gasteiger partial charge on any atom is 0.252 e. The van der Waals surface area contributed by atoms with Crippen LogP contribution in [0.2, 0.25) is 0 Å². The summed E-state index contributed by atoms with van der Waals surface area (Å²) in [7, 11) is 0. The first kappa shape index (κ1) is 6.85. The Morgan fingerprint density at radius 1 is 1.64 bits per heavy atom. The molecule has 0 spiro atoms. The lowest BCUT2D eigenvalue weighted by Gasteiger charge is -1.95. The Bertz CT molecular complexity index is 279. The van der Waals surface area contributed by atoms with Gasteiger partial charge in [-0.05, 0) is 18.9 Å². The van der Waals surface area contributed by atoms with E-state index in [1.165, 1.54) is 4.88 Å². The van der Waals surface area contributed by atoms with Crippen molar-refractivity contribution >= 4 is 17.2 Å². The van der Waals surface area contributed by atoms with Gasteiger partial charge in [0.25, 0.3) is 5.91 Å². The highest BCUT2D eigenvalue weighted by Gasteiger charge is 2.15. The van der Waals surface area contributed by atoms with Crippen LogP contribution >= 0.6 is 11.3 Å². The van der Waals surface area contributed by atoms with Crippen molar-refractivity contribution in [1.29, 1.82) is 0 Å². The normalized spacial score (nSPS) is 16.9. The summed E-state index contributed by atoms with van der Waals surface area (Å²) in [5.74, 6) is 0.0648. The Hall–Kier alpha value is -0.830. The van der Waals surface area contributed by atoms with E-state index in [9.17, 15) is 4.79 Å². The summed E-state index contributed by atoms with van der Waals surface area (Å²) in [6.45, 7) is 0.806. The Kier molecular flexibility index (Phi) is 1.66. The highest BCUT2D eigenvalue weighted by atomic mass is 32.1. The minimum absolute atomic E-state index is 0.0648. The third-order valence-corrected chi connectivity index (χ3v) is 2.70. The lowest BCUT2D eigenvalue weighted by atomic mass is 10.2. The molecule has 0 bridgehead atoms. The number of carbonyl (C=O) groups is 1. The van der Waals surface area contributed by atoms with E-state index in [0.717, 1.165) is 24.9 Å². The molecule has 0 fully saturated rings. The Labute approximate surface area is 69.2 Å². The summed E-state index contributed by atoms with van der Waals surface area (Å²) in [5, 5.41) is 5.81. The molecule has 1 aliphatic rings.